The number of halogens is 3. The van der Waals surface area contributed by atoms with Crippen molar-refractivity contribution in [2.24, 2.45) is 0 Å². The standard InChI is InChI=1S/C8H13F3N2O/c9-8(10,11)7(14)13-5-6-3-1-2-4-12-6/h6,12H,1-5H2,(H,13,14)/t6-/m0/s1. The summed E-state index contributed by atoms with van der Waals surface area (Å²) in [6.07, 6.45) is -1.91. The second kappa shape index (κ2) is 4.63. The van der Waals surface area contributed by atoms with Gasteiger partial charge in [0.15, 0.2) is 0 Å². The van der Waals surface area contributed by atoms with Gasteiger partial charge < -0.3 is 10.6 Å². The van der Waals surface area contributed by atoms with E-state index in [1.165, 1.54) is 0 Å². The molecule has 1 heterocycles. The van der Waals surface area contributed by atoms with Crippen LogP contribution in [0.5, 0.6) is 0 Å². The van der Waals surface area contributed by atoms with E-state index in [1.807, 2.05) is 5.32 Å². The van der Waals surface area contributed by atoms with Crippen molar-refractivity contribution < 1.29 is 18.0 Å². The number of carbonyl (C=O) groups is 1. The lowest BCUT2D eigenvalue weighted by atomic mass is 10.1. The number of nitrogens with one attached hydrogen (secondary N) is 2. The summed E-state index contributed by atoms with van der Waals surface area (Å²) in [6, 6.07) is -0.0185. The number of hydrogen-bond donors (Lipinski definition) is 2. The first kappa shape index (κ1) is 11.3. The second-order valence-corrected chi connectivity index (χ2v) is 3.35. The molecule has 6 heteroatoms. The van der Waals surface area contributed by atoms with Crippen LogP contribution >= 0.6 is 0 Å². The predicted molar refractivity (Wildman–Crippen MR) is 44.7 cm³/mol. The highest BCUT2D eigenvalue weighted by molar-refractivity contribution is 5.81. The van der Waals surface area contributed by atoms with Gasteiger partial charge in [-0.15, -0.1) is 0 Å². The Labute approximate surface area is 80.0 Å². The van der Waals surface area contributed by atoms with E-state index in [0.717, 1.165) is 25.8 Å². The van der Waals surface area contributed by atoms with Gasteiger partial charge in [-0.25, -0.2) is 0 Å². The molecule has 0 unspecified atom stereocenters. The lowest BCUT2D eigenvalue weighted by Crippen LogP contribution is -2.46. The Morgan fingerprint density at radius 2 is 2.14 bits per heavy atom. The Balaban J connectivity index is 2.22. The summed E-state index contributed by atoms with van der Waals surface area (Å²) in [5, 5.41) is 4.91. The Kier molecular flexibility index (Phi) is 3.74. The smallest absolute Gasteiger partial charge is 0.347 e. The molecule has 0 aromatic rings. The van der Waals surface area contributed by atoms with Crippen LogP contribution in [-0.4, -0.2) is 31.2 Å². The van der Waals surface area contributed by atoms with Gasteiger partial charge in [-0.2, -0.15) is 13.2 Å². The molecule has 3 nitrogen and oxygen atoms in total. The molecular formula is C8H13F3N2O. The first-order chi connectivity index (χ1) is 6.50. The molecule has 0 aromatic heterocycles. The van der Waals surface area contributed by atoms with E-state index < -0.39 is 12.1 Å². The van der Waals surface area contributed by atoms with E-state index >= 15 is 0 Å². The van der Waals surface area contributed by atoms with E-state index in [0.29, 0.717) is 0 Å². The molecule has 1 aliphatic heterocycles. The third-order valence-electron chi connectivity index (χ3n) is 2.18. The van der Waals surface area contributed by atoms with E-state index in [9.17, 15) is 18.0 Å². The monoisotopic (exact) mass is 210 g/mol. The normalized spacial score (nSPS) is 23.2. The molecule has 1 aliphatic rings. The fourth-order valence-electron chi connectivity index (χ4n) is 1.41. The van der Waals surface area contributed by atoms with Crippen LogP contribution in [0, 0.1) is 0 Å². The number of rotatable bonds is 2. The number of carbonyl (C=O) groups excluding carboxylic acids is 1. The number of piperidine rings is 1. The summed E-state index contributed by atoms with van der Waals surface area (Å²) in [4.78, 5) is 10.4. The molecule has 2 N–H and O–H groups in total. The van der Waals surface area contributed by atoms with Crippen molar-refractivity contribution in [1.82, 2.24) is 10.6 Å². The van der Waals surface area contributed by atoms with Crippen molar-refractivity contribution in [3.8, 4) is 0 Å². The first-order valence-corrected chi connectivity index (χ1v) is 4.58. The van der Waals surface area contributed by atoms with E-state index in [1.54, 1.807) is 0 Å². The van der Waals surface area contributed by atoms with Crippen molar-refractivity contribution in [2.75, 3.05) is 13.1 Å². The third kappa shape index (κ3) is 3.53. The highest BCUT2D eigenvalue weighted by Gasteiger charge is 2.38. The largest absolute Gasteiger partial charge is 0.471 e. The van der Waals surface area contributed by atoms with Gasteiger partial charge in [0, 0.05) is 12.6 Å². The lowest BCUT2D eigenvalue weighted by Gasteiger charge is -2.23. The molecule has 1 rings (SSSR count). The number of amides is 1. The average molecular weight is 210 g/mol. The van der Waals surface area contributed by atoms with Gasteiger partial charge in [-0.1, -0.05) is 6.42 Å². The molecule has 0 aliphatic carbocycles. The summed E-state index contributed by atoms with van der Waals surface area (Å²) in [6.45, 7) is 0.866. The van der Waals surface area contributed by atoms with Crippen molar-refractivity contribution in [1.29, 1.82) is 0 Å². The minimum atomic E-state index is -4.77. The molecule has 0 bridgehead atoms. The minimum Gasteiger partial charge on any atom is -0.347 e. The fraction of sp³-hybridized carbons (Fsp3) is 0.875. The molecule has 14 heavy (non-hydrogen) atoms. The van der Waals surface area contributed by atoms with Gasteiger partial charge in [-0.3, -0.25) is 4.79 Å². The summed E-state index contributed by atoms with van der Waals surface area (Å²) in [5.41, 5.74) is 0. The van der Waals surface area contributed by atoms with Gasteiger partial charge in [0.2, 0.25) is 0 Å². The first-order valence-electron chi connectivity index (χ1n) is 4.58. The van der Waals surface area contributed by atoms with Crippen molar-refractivity contribution in [3.05, 3.63) is 0 Å². The summed E-state index contributed by atoms with van der Waals surface area (Å²) in [5.74, 6) is -1.86. The van der Waals surface area contributed by atoms with Crippen molar-refractivity contribution >= 4 is 5.91 Å². The Bertz CT molecular complexity index is 199. The third-order valence-corrected chi connectivity index (χ3v) is 2.18. The van der Waals surface area contributed by atoms with Crippen LogP contribution in [0.15, 0.2) is 0 Å². The summed E-state index contributed by atoms with van der Waals surface area (Å²) >= 11 is 0. The highest BCUT2D eigenvalue weighted by Crippen LogP contribution is 2.14. The summed E-state index contributed by atoms with van der Waals surface area (Å²) in [7, 11) is 0. The number of hydrogen-bond acceptors (Lipinski definition) is 2. The van der Waals surface area contributed by atoms with Gasteiger partial charge >= 0.3 is 12.1 Å². The molecule has 0 spiro atoms. The van der Waals surface area contributed by atoms with Crippen LogP contribution in [0.1, 0.15) is 19.3 Å². The minimum absolute atomic E-state index is 0.0185. The van der Waals surface area contributed by atoms with E-state index in [-0.39, 0.29) is 12.6 Å². The molecule has 82 valence electrons. The molecule has 1 saturated heterocycles. The van der Waals surface area contributed by atoms with Crippen LogP contribution in [-0.2, 0) is 4.79 Å². The molecule has 1 amide bonds. The zero-order valence-corrected chi connectivity index (χ0v) is 7.66. The molecule has 0 radical (unpaired) electrons. The van der Waals surface area contributed by atoms with Crippen LogP contribution in [0.25, 0.3) is 0 Å². The summed E-state index contributed by atoms with van der Waals surface area (Å²) < 4.78 is 35.3. The number of alkyl halides is 3. The van der Waals surface area contributed by atoms with Gasteiger partial charge in [0.05, 0.1) is 0 Å². The SMILES string of the molecule is O=C(NC[C@@H]1CCCCN1)C(F)(F)F. The van der Waals surface area contributed by atoms with Crippen LogP contribution in [0.4, 0.5) is 13.2 Å². The van der Waals surface area contributed by atoms with Gasteiger partial charge in [0.1, 0.15) is 0 Å². The topological polar surface area (TPSA) is 41.1 Å². The average Bonchev–Trinajstić information content (AvgIpc) is 2.14. The van der Waals surface area contributed by atoms with Crippen LogP contribution in [0.3, 0.4) is 0 Å². The maximum Gasteiger partial charge on any atom is 0.471 e. The predicted octanol–water partition coefficient (Wildman–Crippen LogP) is 0.807. The van der Waals surface area contributed by atoms with E-state index in [4.69, 9.17) is 0 Å². The van der Waals surface area contributed by atoms with Gasteiger partial charge in [0.25, 0.3) is 0 Å². The molecular weight excluding hydrogens is 197 g/mol. The quantitative estimate of drug-likeness (QED) is 0.708. The Hall–Kier alpha value is -0.780. The lowest BCUT2D eigenvalue weighted by molar-refractivity contribution is -0.173. The Morgan fingerprint density at radius 1 is 1.43 bits per heavy atom. The van der Waals surface area contributed by atoms with Gasteiger partial charge in [-0.05, 0) is 19.4 Å². The maximum atomic E-state index is 11.8. The van der Waals surface area contributed by atoms with Crippen LogP contribution < -0.4 is 10.6 Å². The van der Waals surface area contributed by atoms with Crippen molar-refractivity contribution in [2.45, 2.75) is 31.5 Å². The zero-order valence-electron chi connectivity index (χ0n) is 7.66. The molecule has 0 saturated carbocycles. The van der Waals surface area contributed by atoms with Crippen LogP contribution in [0.2, 0.25) is 0 Å². The van der Waals surface area contributed by atoms with Crippen molar-refractivity contribution in [3.63, 3.8) is 0 Å². The van der Waals surface area contributed by atoms with E-state index in [2.05, 4.69) is 5.32 Å². The fourth-order valence-corrected chi connectivity index (χ4v) is 1.41. The maximum absolute atomic E-state index is 11.8. The molecule has 1 fully saturated rings. The molecule has 0 aromatic carbocycles. The molecule has 1 atom stereocenters. The Morgan fingerprint density at radius 3 is 2.64 bits per heavy atom. The zero-order chi connectivity index (χ0) is 10.6. The highest BCUT2D eigenvalue weighted by atomic mass is 19.4. The second-order valence-electron chi connectivity index (χ2n) is 3.35.